The number of carbonyl (C=O) groups excluding carboxylic acids is 1. The first-order valence-electron chi connectivity index (χ1n) is 6.76. The zero-order chi connectivity index (χ0) is 15.1. The lowest BCUT2D eigenvalue weighted by Crippen LogP contribution is -2.41. The van der Waals surface area contributed by atoms with Gasteiger partial charge in [0.25, 0.3) is 5.91 Å². The van der Waals surface area contributed by atoms with Crippen molar-refractivity contribution in [2.75, 3.05) is 26.0 Å². The molecule has 0 radical (unpaired) electrons. The average Bonchev–Trinajstić information content (AvgIpc) is 2.45. The van der Waals surface area contributed by atoms with Crippen molar-refractivity contribution < 1.29 is 9.53 Å². The molecule has 0 bridgehead atoms. The maximum Gasteiger partial charge on any atom is 0.255 e. The molecule has 5 nitrogen and oxygen atoms in total. The van der Waals surface area contributed by atoms with Crippen molar-refractivity contribution in [3.63, 3.8) is 0 Å². The molecule has 20 heavy (non-hydrogen) atoms. The normalized spacial score (nSPS) is 10.8. The van der Waals surface area contributed by atoms with E-state index in [2.05, 4.69) is 18.8 Å². The molecular formula is C14H22ClN3O2. The number of pyridine rings is 1. The molecule has 0 atom stereocenters. The maximum atomic E-state index is 12.6. The molecule has 0 fully saturated rings. The molecule has 1 rings (SSSR count). The predicted octanol–water partition coefficient (Wildman–Crippen LogP) is 2.59. The second-order valence-electron chi connectivity index (χ2n) is 4.55. The van der Waals surface area contributed by atoms with Crippen LogP contribution >= 0.6 is 11.6 Å². The molecule has 1 amide bonds. The van der Waals surface area contributed by atoms with Gasteiger partial charge in [-0.05, 0) is 18.9 Å². The summed E-state index contributed by atoms with van der Waals surface area (Å²) in [5, 5.41) is 0.298. The SMILES string of the molecule is CCC(CC)N(CCOC)C(=O)c1cnc(N)c(Cl)c1. The Morgan fingerprint density at radius 1 is 1.50 bits per heavy atom. The number of nitrogen functional groups attached to an aromatic ring is 1. The van der Waals surface area contributed by atoms with Gasteiger partial charge < -0.3 is 15.4 Å². The zero-order valence-corrected chi connectivity index (χ0v) is 13.0. The van der Waals surface area contributed by atoms with E-state index in [4.69, 9.17) is 22.1 Å². The van der Waals surface area contributed by atoms with E-state index in [1.54, 1.807) is 13.2 Å². The molecule has 2 N–H and O–H groups in total. The van der Waals surface area contributed by atoms with Crippen molar-refractivity contribution in [1.82, 2.24) is 9.88 Å². The first-order valence-corrected chi connectivity index (χ1v) is 7.13. The van der Waals surface area contributed by atoms with Crippen molar-refractivity contribution in [2.24, 2.45) is 0 Å². The summed E-state index contributed by atoms with van der Waals surface area (Å²) in [6.45, 7) is 5.17. The van der Waals surface area contributed by atoms with Gasteiger partial charge in [0, 0.05) is 25.9 Å². The fraction of sp³-hybridized carbons (Fsp3) is 0.571. The summed E-state index contributed by atoms with van der Waals surface area (Å²) in [5.41, 5.74) is 6.02. The van der Waals surface area contributed by atoms with Gasteiger partial charge in [-0.25, -0.2) is 4.98 Å². The summed E-state index contributed by atoms with van der Waals surface area (Å²) >= 11 is 5.93. The fourth-order valence-electron chi connectivity index (χ4n) is 2.10. The number of hydrogen-bond acceptors (Lipinski definition) is 4. The molecule has 6 heteroatoms. The van der Waals surface area contributed by atoms with Gasteiger partial charge in [0.05, 0.1) is 17.2 Å². The van der Waals surface area contributed by atoms with Crippen LogP contribution in [0.25, 0.3) is 0 Å². The molecule has 0 unspecified atom stereocenters. The van der Waals surface area contributed by atoms with Crippen LogP contribution in [-0.4, -0.2) is 42.1 Å². The van der Waals surface area contributed by atoms with Crippen LogP contribution in [0.15, 0.2) is 12.3 Å². The number of carbonyl (C=O) groups is 1. The largest absolute Gasteiger partial charge is 0.383 e. The standard InChI is InChI=1S/C14H22ClN3O2/c1-4-11(5-2)18(6-7-20-3)14(19)10-8-12(15)13(16)17-9-10/h8-9,11H,4-7H2,1-3H3,(H2,16,17). The number of nitrogens with two attached hydrogens (primary N) is 1. The van der Waals surface area contributed by atoms with Crippen LogP contribution in [0.1, 0.15) is 37.0 Å². The number of aromatic nitrogens is 1. The van der Waals surface area contributed by atoms with E-state index in [1.807, 2.05) is 4.90 Å². The Morgan fingerprint density at radius 3 is 2.65 bits per heavy atom. The summed E-state index contributed by atoms with van der Waals surface area (Å²) in [4.78, 5) is 18.4. The van der Waals surface area contributed by atoms with Crippen molar-refractivity contribution in [3.05, 3.63) is 22.8 Å². The van der Waals surface area contributed by atoms with Crippen molar-refractivity contribution in [3.8, 4) is 0 Å². The van der Waals surface area contributed by atoms with Gasteiger partial charge >= 0.3 is 0 Å². The first-order chi connectivity index (χ1) is 9.54. The zero-order valence-electron chi connectivity index (χ0n) is 12.2. The van der Waals surface area contributed by atoms with Crippen LogP contribution < -0.4 is 5.73 Å². The Hall–Kier alpha value is -1.33. The third-order valence-electron chi connectivity index (χ3n) is 3.30. The number of rotatable bonds is 7. The summed E-state index contributed by atoms with van der Waals surface area (Å²) in [6, 6.07) is 1.74. The number of methoxy groups -OCH3 is 1. The number of halogens is 1. The molecular weight excluding hydrogens is 278 g/mol. The maximum absolute atomic E-state index is 12.6. The number of ether oxygens (including phenoxy) is 1. The minimum absolute atomic E-state index is 0.0925. The Balaban J connectivity index is 2.99. The lowest BCUT2D eigenvalue weighted by molar-refractivity contribution is 0.0589. The fourth-order valence-corrected chi connectivity index (χ4v) is 2.27. The Bertz CT molecular complexity index is 450. The monoisotopic (exact) mass is 299 g/mol. The number of hydrogen-bond donors (Lipinski definition) is 1. The van der Waals surface area contributed by atoms with Gasteiger partial charge in [-0.2, -0.15) is 0 Å². The molecule has 0 saturated carbocycles. The number of amides is 1. The van der Waals surface area contributed by atoms with E-state index in [0.29, 0.717) is 23.7 Å². The van der Waals surface area contributed by atoms with E-state index in [0.717, 1.165) is 12.8 Å². The first kappa shape index (κ1) is 16.7. The molecule has 0 aliphatic rings. The summed E-state index contributed by atoms with van der Waals surface area (Å²) < 4.78 is 5.08. The van der Waals surface area contributed by atoms with Crippen LogP contribution in [0.5, 0.6) is 0 Å². The van der Waals surface area contributed by atoms with Crippen LogP contribution in [0, 0.1) is 0 Å². The highest BCUT2D eigenvalue weighted by Crippen LogP contribution is 2.19. The molecule has 0 saturated heterocycles. The summed E-state index contributed by atoms with van der Waals surface area (Å²) in [5.74, 6) is 0.138. The van der Waals surface area contributed by atoms with Gasteiger partial charge in [-0.15, -0.1) is 0 Å². The van der Waals surface area contributed by atoms with Crippen LogP contribution in [0.4, 0.5) is 5.82 Å². The smallest absolute Gasteiger partial charge is 0.255 e. The Kier molecular flexibility index (Phi) is 6.75. The highest BCUT2D eigenvalue weighted by Gasteiger charge is 2.22. The number of nitrogens with zero attached hydrogens (tertiary/aromatic N) is 2. The van der Waals surface area contributed by atoms with Crippen LogP contribution in [0.2, 0.25) is 5.02 Å². The number of anilines is 1. The van der Waals surface area contributed by atoms with E-state index in [9.17, 15) is 4.79 Å². The van der Waals surface area contributed by atoms with Crippen molar-refractivity contribution in [1.29, 1.82) is 0 Å². The third kappa shape index (κ3) is 4.08. The molecule has 1 aromatic rings. The average molecular weight is 300 g/mol. The molecule has 1 heterocycles. The van der Waals surface area contributed by atoms with E-state index < -0.39 is 0 Å². The van der Waals surface area contributed by atoms with Crippen molar-refractivity contribution >= 4 is 23.3 Å². The minimum atomic E-state index is -0.0925. The molecule has 112 valence electrons. The summed E-state index contributed by atoms with van der Waals surface area (Å²) in [6.07, 6.45) is 3.25. The molecule has 0 aromatic carbocycles. The van der Waals surface area contributed by atoms with Crippen molar-refractivity contribution in [2.45, 2.75) is 32.7 Å². The van der Waals surface area contributed by atoms with Gasteiger partial charge in [-0.3, -0.25) is 4.79 Å². The molecule has 0 aliphatic carbocycles. The highest BCUT2D eigenvalue weighted by atomic mass is 35.5. The molecule has 1 aromatic heterocycles. The van der Waals surface area contributed by atoms with E-state index >= 15 is 0 Å². The van der Waals surface area contributed by atoms with E-state index in [-0.39, 0.29) is 17.8 Å². The van der Waals surface area contributed by atoms with Gasteiger partial charge in [-0.1, -0.05) is 25.4 Å². The predicted molar refractivity (Wildman–Crippen MR) is 80.9 cm³/mol. The van der Waals surface area contributed by atoms with Crippen LogP contribution in [-0.2, 0) is 4.74 Å². The lowest BCUT2D eigenvalue weighted by Gasteiger charge is -2.30. The highest BCUT2D eigenvalue weighted by molar-refractivity contribution is 6.33. The van der Waals surface area contributed by atoms with Crippen LogP contribution in [0.3, 0.4) is 0 Å². The molecule has 0 aliphatic heterocycles. The lowest BCUT2D eigenvalue weighted by atomic mass is 10.1. The molecule has 0 spiro atoms. The van der Waals surface area contributed by atoms with Gasteiger partial charge in [0.2, 0.25) is 0 Å². The third-order valence-corrected chi connectivity index (χ3v) is 3.60. The summed E-state index contributed by atoms with van der Waals surface area (Å²) in [7, 11) is 1.62. The van der Waals surface area contributed by atoms with Gasteiger partial charge in [0.15, 0.2) is 0 Å². The Labute approximate surface area is 125 Å². The topological polar surface area (TPSA) is 68.5 Å². The second-order valence-corrected chi connectivity index (χ2v) is 4.96. The minimum Gasteiger partial charge on any atom is -0.383 e. The second kappa shape index (κ2) is 8.07. The van der Waals surface area contributed by atoms with E-state index in [1.165, 1.54) is 6.20 Å². The van der Waals surface area contributed by atoms with Gasteiger partial charge in [0.1, 0.15) is 5.82 Å². The quantitative estimate of drug-likeness (QED) is 0.840. The Morgan fingerprint density at radius 2 is 2.15 bits per heavy atom.